The molecule has 3 aromatic heterocycles. The minimum absolute atomic E-state index is 0.190. The van der Waals surface area contributed by atoms with E-state index in [1.165, 1.54) is 71.5 Å². The van der Waals surface area contributed by atoms with Gasteiger partial charge >= 0.3 is 0 Å². The van der Waals surface area contributed by atoms with Crippen LogP contribution in [0.4, 0.5) is 0 Å². The fourth-order valence-corrected chi connectivity index (χ4v) is 8.62. The van der Waals surface area contributed by atoms with Crippen molar-refractivity contribution in [2.45, 2.75) is 5.92 Å². The predicted molar refractivity (Wildman–Crippen MR) is 211 cm³/mol. The van der Waals surface area contributed by atoms with Gasteiger partial charge in [-0.05, 0) is 99.6 Å². The van der Waals surface area contributed by atoms with Crippen molar-refractivity contribution >= 4 is 43.7 Å². The molecule has 3 nitrogen and oxygen atoms in total. The van der Waals surface area contributed by atoms with E-state index >= 15 is 0 Å². The smallest absolute Gasteiger partial charge is 0.145 e. The lowest BCUT2D eigenvalue weighted by atomic mass is 9.88. The Morgan fingerprint density at radius 1 is 0.392 bits per heavy atom. The number of benzene rings is 7. The van der Waals surface area contributed by atoms with E-state index in [9.17, 15) is 0 Å². The SMILES string of the molecule is c1ccc(-c2ccc3c(c2)-c2ccccc2C3c2ccc(-n3c4ccccc4c4cc(-n5c6ccccc6c6cccnc65)ccc43)cc2)cc1. The first-order valence-electron chi connectivity index (χ1n) is 17.6. The van der Waals surface area contributed by atoms with Gasteiger partial charge in [0.1, 0.15) is 5.65 Å². The van der Waals surface area contributed by atoms with Crippen molar-refractivity contribution in [3.63, 3.8) is 0 Å². The van der Waals surface area contributed by atoms with Crippen LogP contribution >= 0.6 is 0 Å². The molecule has 0 amide bonds. The summed E-state index contributed by atoms with van der Waals surface area (Å²) in [5, 5.41) is 4.84. The van der Waals surface area contributed by atoms with E-state index in [1.807, 2.05) is 12.3 Å². The summed E-state index contributed by atoms with van der Waals surface area (Å²) < 4.78 is 4.70. The van der Waals surface area contributed by atoms with E-state index in [0.29, 0.717) is 0 Å². The highest BCUT2D eigenvalue weighted by Crippen LogP contribution is 2.49. The third-order valence-electron chi connectivity index (χ3n) is 10.9. The van der Waals surface area contributed by atoms with Crippen molar-refractivity contribution in [2.75, 3.05) is 0 Å². The quantitative estimate of drug-likeness (QED) is 0.186. The number of fused-ring (bicyclic) bond motifs is 9. The van der Waals surface area contributed by atoms with E-state index in [-0.39, 0.29) is 5.92 Å². The third-order valence-corrected chi connectivity index (χ3v) is 10.9. The fraction of sp³-hybridized carbons (Fsp3) is 0.0208. The van der Waals surface area contributed by atoms with E-state index < -0.39 is 0 Å². The van der Waals surface area contributed by atoms with E-state index in [4.69, 9.17) is 4.98 Å². The van der Waals surface area contributed by atoms with E-state index in [1.54, 1.807) is 0 Å². The molecule has 0 fully saturated rings. The van der Waals surface area contributed by atoms with Crippen LogP contribution in [0.1, 0.15) is 22.6 Å². The monoisotopic (exact) mass is 649 g/mol. The molecule has 0 saturated heterocycles. The topological polar surface area (TPSA) is 22.8 Å². The van der Waals surface area contributed by atoms with Gasteiger partial charge in [-0.25, -0.2) is 4.98 Å². The van der Waals surface area contributed by atoms with Crippen molar-refractivity contribution in [2.24, 2.45) is 0 Å². The van der Waals surface area contributed by atoms with Crippen molar-refractivity contribution in [1.82, 2.24) is 14.1 Å². The van der Waals surface area contributed by atoms with Gasteiger partial charge in [0, 0.05) is 45.0 Å². The number of hydrogen-bond donors (Lipinski definition) is 0. The van der Waals surface area contributed by atoms with Crippen LogP contribution in [0.15, 0.2) is 182 Å². The zero-order valence-electron chi connectivity index (χ0n) is 27.7. The summed E-state index contributed by atoms with van der Waals surface area (Å²) in [5.74, 6) is 0.190. The van der Waals surface area contributed by atoms with Crippen LogP contribution in [0, 0.1) is 0 Å². The van der Waals surface area contributed by atoms with Gasteiger partial charge in [0.25, 0.3) is 0 Å². The standard InChI is InChI=1S/C48H31N3/c1-2-11-31(12-3-1)33-22-26-40-42(29-33)36-13-4-5-16-39(36)47(40)32-20-23-34(24-21-32)50-44-18-8-7-15-38(44)43-30-35(25-27-46(43)50)51-45-19-9-6-14-37(45)41-17-10-28-49-48(41)51/h1-30,47H. The van der Waals surface area contributed by atoms with Crippen LogP contribution in [0.5, 0.6) is 0 Å². The molecule has 0 radical (unpaired) electrons. The van der Waals surface area contributed by atoms with Crippen LogP contribution < -0.4 is 0 Å². The normalized spacial score (nSPS) is 13.7. The molecule has 0 saturated carbocycles. The lowest BCUT2D eigenvalue weighted by Crippen LogP contribution is -2.01. The second-order valence-electron chi connectivity index (χ2n) is 13.6. The van der Waals surface area contributed by atoms with Crippen molar-refractivity contribution < 1.29 is 0 Å². The molecule has 10 aromatic rings. The number of rotatable bonds is 4. The molecule has 0 spiro atoms. The van der Waals surface area contributed by atoms with Gasteiger partial charge in [-0.15, -0.1) is 0 Å². The summed E-state index contributed by atoms with van der Waals surface area (Å²) in [6.45, 7) is 0. The van der Waals surface area contributed by atoms with Crippen LogP contribution in [0.3, 0.4) is 0 Å². The van der Waals surface area contributed by atoms with Crippen LogP contribution in [-0.4, -0.2) is 14.1 Å². The summed E-state index contributed by atoms with van der Waals surface area (Å²) in [6, 6.07) is 64.2. The molecular formula is C48H31N3. The number of aromatic nitrogens is 3. The second-order valence-corrected chi connectivity index (χ2v) is 13.6. The molecule has 51 heavy (non-hydrogen) atoms. The molecule has 3 heterocycles. The molecule has 0 aliphatic heterocycles. The van der Waals surface area contributed by atoms with Crippen molar-refractivity contribution in [3.05, 3.63) is 199 Å². The lowest BCUT2D eigenvalue weighted by molar-refractivity contribution is 1.01. The average molecular weight is 650 g/mol. The van der Waals surface area contributed by atoms with E-state index in [2.05, 4.69) is 179 Å². The minimum atomic E-state index is 0.190. The van der Waals surface area contributed by atoms with Gasteiger partial charge in [0.15, 0.2) is 0 Å². The first-order chi connectivity index (χ1) is 25.3. The summed E-state index contributed by atoms with van der Waals surface area (Å²) >= 11 is 0. The highest BCUT2D eigenvalue weighted by atomic mass is 15.0. The zero-order chi connectivity index (χ0) is 33.5. The van der Waals surface area contributed by atoms with Crippen LogP contribution in [0.2, 0.25) is 0 Å². The van der Waals surface area contributed by atoms with Gasteiger partial charge in [0.05, 0.1) is 16.6 Å². The zero-order valence-corrected chi connectivity index (χ0v) is 27.7. The molecule has 1 unspecified atom stereocenters. The average Bonchev–Trinajstić information content (AvgIpc) is 3.84. The number of pyridine rings is 1. The van der Waals surface area contributed by atoms with Gasteiger partial charge in [-0.2, -0.15) is 0 Å². The van der Waals surface area contributed by atoms with Gasteiger partial charge in [0.2, 0.25) is 0 Å². The summed E-state index contributed by atoms with van der Waals surface area (Å²) in [7, 11) is 0. The Morgan fingerprint density at radius 2 is 1.04 bits per heavy atom. The van der Waals surface area contributed by atoms with E-state index in [0.717, 1.165) is 22.5 Å². The lowest BCUT2D eigenvalue weighted by Gasteiger charge is -2.16. The van der Waals surface area contributed by atoms with Crippen LogP contribution in [-0.2, 0) is 0 Å². The van der Waals surface area contributed by atoms with Gasteiger partial charge in [-0.3, -0.25) is 4.57 Å². The molecule has 7 aromatic carbocycles. The molecule has 11 rings (SSSR count). The molecular weight excluding hydrogens is 619 g/mol. The second kappa shape index (κ2) is 10.9. The molecule has 3 heteroatoms. The maximum absolute atomic E-state index is 4.83. The fourth-order valence-electron chi connectivity index (χ4n) is 8.62. The Morgan fingerprint density at radius 3 is 1.88 bits per heavy atom. The molecule has 0 N–H and O–H groups in total. The van der Waals surface area contributed by atoms with Gasteiger partial charge in [-0.1, -0.05) is 115 Å². The van der Waals surface area contributed by atoms with Crippen LogP contribution in [0.25, 0.3) is 77.4 Å². The maximum atomic E-state index is 4.83. The first-order valence-corrected chi connectivity index (χ1v) is 17.6. The molecule has 1 aliphatic carbocycles. The van der Waals surface area contributed by atoms with Crippen molar-refractivity contribution in [3.8, 4) is 33.6 Å². The Balaban J connectivity index is 1.04. The van der Waals surface area contributed by atoms with Crippen molar-refractivity contribution in [1.29, 1.82) is 0 Å². The largest absolute Gasteiger partial charge is 0.309 e. The Bertz CT molecular complexity index is 2910. The highest BCUT2D eigenvalue weighted by molar-refractivity contribution is 6.11. The summed E-state index contributed by atoms with van der Waals surface area (Å²) in [5.41, 5.74) is 16.0. The number of nitrogens with zero attached hydrogens (tertiary/aromatic N) is 3. The summed E-state index contributed by atoms with van der Waals surface area (Å²) in [6.07, 6.45) is 1.89. The molecule has 0 bridgehead atoms. The maximum Gasteiger partial charge on any atom is 0.145 e. The molecule has 238 valence electrons. The Kier molecular flexibility index (Phi) is 6.02. The summed E-state index contributed by atoms with van der Waals surface area (Å²) in [4.78, 5) is 4.83. The number of hydrogen-bond acceptors (Lipinski definition) is 1. The highest BCUT2D eigenvalue weighted by Gasteiger charge is 2.30. The number of para-hydroxylation sites is 2. The predicted octanol–water partition coefficient (Wildman–Crippen LogP) is 12.1. The van der Waals surface area contributed by atoms with Gasteiger partial charge < -0.3 is 4.57 Å². The minimum Gasteiger partial charge on any atom is -0.309 e. The third kappa shape index (κ3) is 4.15. The first kappa shape index (κ1) is 28.2. The Hall–Kier alpha value is -6.71. The molecule has 1 aliphatic rings. The Labute approximate surface area is 295 Å². The molecule has 1 atom stereocenters.